The molecule has 2 aromatic heterocycles. The predicted molar refractivity (Wildman–Crippen MR) is 102 cm³/mol. The fourth-order valence-corrected chi connectivity index (χ4v) is 4.71. The van der Waals surface area contributed by atoms with E-state index in [0.717, 1.165) is 46.9 Å². The van der Waals surface area contributed by atoms with Crippen LogP contribution in [0.4, 0.5) is 0 Å². The number of hydrogen-bond acceptors (Lipinski definition) is 6. The smallest absolute Gasteiger partial charge is 0.319 e. The van der Waals surface area contributed by atoms with Crippen molar-refractivity contribution < 1.29 is 14.3 Å². The van der Waals surface area contributed by atoms with Crippen LogP contribution in [-0.4, -0.2) is 50.3 Å². The molecule has 0 saturated carbocycles. The van der Waals surface area contributed by atoms with Gasteiger partial charge in [0.05, 0.1) is 19.3 Å². The van der Waals surface area contributed by atoms with Gasteiger partial charge in [0.25, 0.3) is 0 Å². The summed E-state index contributed by atoms with van der Waals surface area (Å²) in [5.74, 6) is 0.636. The maximum atomic E-state index is 11.9. The number of rotatable bonds is 5. The Balaban J connectivity index is 1.54. The number of aromatic nitrogens is 4. The molecule has 2 aliphatic heterocycles. The van der Waals surface area contributed by atoms with Gasteiger partial charge in [-0.15, -0.1) is 10.2 Å². The van der Waals surface area contributed by atoms with Crippen molar-refractivity contribution >= 4 is 28.6 Å². The van der Waals surface area contributed by atoms with Crippen LogP contribution in [0.25, 0.3) is 22.3 Å². The van der Waals surface area contributed by atoms with Gasteiger partial charge >= 0.3 is 5.97 Å². The van der Waals surface area contributed by atoms with E-state index in [4.69, 9.17) is 9.47 Å². The largest absolute Gasteiger partial charge is 0.465 e. The topological polar surface area (TPSA) is 82.0 Å². The van der Waals surface area contributed by atoms with Gasteiger partial charge in [-0.2, -0.15) is 0 Å². The maximum Gasteiger partial charge on any atom is 0.319 e. The van der Waals surface area contributed by atoms with Gasteiger partial charge in [0.15, 0.2) is 11.0 Å². The lowest BCUT2D eigenvalue weighted by Gasteiger charge is -2.15. The Morgan fingerprint density at radius 2 is 2.15 bits per heavy atom. The molecule has 0 spiro atoms. The lowest BCUT2D eigenvalue weighted by atomic mass is 10.1. The Morgan fingerprint density at radius 3 is 2.96 bits per heavy atom. The number of cyclic esters (lactones) is 1. The molecule has 0 bridgehead atoms. The van der Waals surface area contributed by atoms with Crippen molar-refractivity contribution in [3.63, 3.8) is 0 Å². The van der Waals surface area contributed by atoms with Gasteiger partial charge in [0.1, 0.15) is 5.25 Å². The summed E-state index contributed by atoms with van der Waals surface area (Å²) in [6.45, 7) is 1.96. The van der Waals surface area contributed by atoms with Crippen LogP contribution in [0.15, 0.2) is 35.6 Å². The summed E-state index contributed by atoms with van der Waals surface area (Å²) < 4.78 is 13.0. The van der Waals surface area contributed by atoms with Crippen LogP contribution in [0.3, 0.4) is 0 Å². The van der Waals surface area contributed by atoms with Crippen LogP contribution in [0, 0.1) is 0 Å². The average molecular weight is 384 g/mol. The van der Waals surface area contributed by atoms with Crippen molar-refractivity contribution in [2.45, 2.75) is 42.3 Å². The number of nitrogens with one attached hydrogen (secondary N) is 1. The number of esters is 1. The lowest BCUT2D eigenvalue weighted by Crippen LogP contribution is -2.18. The van der Waals surface area contributed by atoms with E-state index in [2.05, 4.69) is 25.8 Å². The molecule has 0 amide bonds. The van der Waals surface area contributed by atoms with E-state index >= 15 is 0 Å². The molecular weight excluding hydrogens is 364 g/mol. The number of carbonyl (C=O) groups is 1. The van der Waals surface area contributed by atoms with E-state index in [9.17, 15) is 4.79 Å². The summed E-state index contributed by atoms with van der Waals surface area (Å²) in [6.07, 6.45) is 4.94. The zero-order valence-electron chi connectivity index (χ0n) is 14.8. The molecular formula is C19H20N4O3S. The second kappa shape index (κ2) is 7.01. The van der Waals surface area contributed by atoms with Crippen LogP contribution in [0.5, 0.6) is 0 Å². The quantitative estimate of drug-likeness (QED) is 0.681. The highest BCUT2D eigenvalue weighted by Gasteiger charge is 2.31. The summed E-state index contributed by atoms with van der Waals surface area (Å²) in [4.78, 5) is 15.2. The first kappa shape index (κ1) is 16.8. The SMILES string of the molecule is O=C1OCC[C@@H]1Sc1nnc(-c2c[nH]c3ccccc23)n1C[C@@H]1CCCO1. The van der Waals surface area contributed by atoms with Crippen LogP contribution in [0.1, 0.15) is 19.3 Å². The van der Waals surface area contributed by atoms with Gasteiger partial charge in [-0.25, -0.2) is 0 Å². The Labute approximate surface area is 160 Å². The van der Waals surface area contributed by atoms with Gasteiger partial charge in [-0.1, -0.05) is 30.0 Å². The van der Waals surface area contributed by atoms with Crippen LogP contribution < -0.4 is 0 Å². The molecule has 2 saturated heterocycles. The van der Waals surface area contributed by atoms with Gasteiger partial charge in [-0.05, 0) is 18.9 Å². The number of thioether (sulfide) groups is 1. The van der Waals surface area contributed by atoms with E-state index in [1.165, 1.54) is 11.8 Å². The molecule has 2 aliphatic rings. The number of fused-ring (bicyclic) bond motifs is 1. The molecule has 0 aliphatic carbocycles. The molecule has 27 heavy (non-hydrogen) atoms. The minimum atomic E-state index is -0.215. The van der Waals surface area contributed by atoms with Crippen molar-refractivity contribution in [1.82, 2.24) is 19.7 Å². The van der Waals surface area contributed by atoms with Gasteiger partial charge < -0.3 is 14.5 Å². The fourth-order valence-electron chi connectivity index (χ4n) is 3.70. The summed E-state index contributed by atoms with van der Waals surface area (Å²) in [7, 11) is 0. The van der Waals surface area contributed by atoms with Crippen molar-refractivity contribution in [2.24, 2.45) is 0 Å². The Kier molecular flexibility index (Phi) is 4.37. The highest BCUT2D eigenvalue weighted by molar-refractivity contribution is 8.00. The number of ether oxygens (including phenoxy) is 2. The third-order valence-corrected chi connectivity index (χ3v) is 6.32. The third kappa shape index (κ3) is 3.12. The molecule has 1 aromatic carbocycles. The molecule has 1 N–H and O–H groups in total. The minimum Gasteiger partial charge on any atom is -0.465 e. The van der Waals surface area contributed by atoms with E-state index in [0.29, 0.717) is 19.6 Å². The predicted octanol–water partition coefficient (Wildman–Crippen LogP) is 3.01. The number of benzene rings is 1. The van der Waals surface area contributed by atoms with Gasteiger partial charge in [0, 0.05) is 35.7 Å². The molecule has 7 nitrogen and oxygen atoms in total. The number of carbonyl (C=O) groups excluding carboxylic acids is 1. The van der Waals surface area contributed by atoms with E-state index in [-0.39, 0.29) is 17.3 Å². The van der Waals surface area contributed by atoms with Crippen LogP contribution in [0.2, 0.25) is 0 Å². The number of aromatic amines is 1. The summed E-state index contributed by atoms with van der Waals surface area (Å²) in [5.41, 5.74) is 2.07. The normalized spacial score (nSPS) is 22.6. The number of H-pyrrole nitrogens is 1. The van der Waals surface area contributed by atoms with E-state index < -0.39 is 0 Å². The van der Waals surface area contributed by atoms with E-state index in [1.54, 1.807) is 0 Å². The number of hydrogen-bond donors (Lipinski definition) is 1. The Bertz CT molecular complexity index is 976. The van der Waals surface area contributed by atoms with Crippen LogP contribution in [-0.2, 0) is 20.8 Å². The maximum absolute atomic E-state index is 11.9. The van der Waals surface area contributed by atoms with Crippen molar-refractivity contribution in [1.29, 1.82) is 0 Å². The Morgan fingerprint density at radius 1 is 1.22 bits per heavy atom. The standard InChI is InChI=1S/C19H20N4O3S/c24-18-16(7-9-26-18)27-19-22-21-17(23(19)11-12-4-3-8-25-12)14-10-20-15-6-2-1-5-13(14)15/h1-2,5-6,10,12,16,20H,3-4,7-9,11H2/t12-,16-/m0/s1. The fraction of sp³-hybridized carbons (Fsp3) is 0.421. The first-order valence-electron chi connectivity index (χ1n) is 9.24. The Hall–Kier alpha value is -2.32. The molecule has 0 radical (unpaired) electrons. The van der Waals surface area contributed by atoms with Crippen molar-refractivity contribution in [2.75, 3.05) is 13.2 Å². The second-order valence-electron chi connectivity index (χ2n) is 6.86. The number of nitrogens with zero attached hydrogens (tertiary/aromatic N) is 3. The molecule has 5 rings (SSSR count). The molecule has 3 aromatic rings. The molecule has 2 fully saturated rings. The second-order valence-corrected chi connectivity index (χ2v) is 8.03. The molecule has 2 atom stereocenters. The highest BCUT2D eigenvalue weighted by atomic mass is 32.2. The summed E-state index contributed by atoms with van der Waals surface area (Å²) in [6, 6.07) is 8.15. The number of para-hydroxylation sites is 1. The van der Waals surface area contributed by atoms with Gasteiger partial charge in [0.2, 0.25) is 0 Å². The van der Waals surface area contributed by atoms with Gasteiger partial charge in [-0.3, -0.25) is 9.36 Å². The lowest BCUT2D eigenvalue weighted by molar-refractivity contribution is -0.137. The van der Waals surface area contributed by atoms with Crippen molar-refractivity contribution in [3.8, 4) is 11.4 Å². The van der Waals surface area contributed by atoms with E-state index in [1.807, 2.05) is 24.4 Å². The highest BCUT2D eigenvalue weighted by Crippen LogP contribution is 2.34. The summed E-state index contributed by atoms with van der Waals surface area (Å²) >= 11 is 1.44. The zero-order valence-corrected chi connectivity index (χ0v) is 15.6. The monoisotopic (exact) mass is 384 g/mol. The van der Waals surface area contributed by atoms with Crippen molar-refractivity contribution in [3.05, 3.63) is 30.5 Å². The first-order chi connectivity index (χ1) is 13.3. The summed E-state index contributed by atoms with van der Waals surface area (Å²) in [5, 5.41) is 10.5. The molecule has 140 valence electrons. The first-order valence-corrected chi connectivity index (χ1v) is 10.1. The molecule has 8 heteroatoms. The molecule has 4 heterocycles. The minimum absolute atomic E-state index is 0.153. The average Bonchev–Trinajstić information content (AvgIpc) is 3.46. The third-order valence-electron chi connectivity index (χ3n) is 5.09. The van der Waals surface area contributed by atoms with Crippen LogP contribution >= 0.6 is 11.8 Å². The zero-order chi connectivity index (χ0) is 18.2. The molecule has 0 unspecified atom stereocenters.